The Bertz CT molecular complexity index is 471. The van der Waals surface area contributed by atoms with E-state index in [1.54, 1.807) is 11.4 Å². The molecule has 0 aliphatic carbocycles. The maximum Gasteiger partial charge on any atom is 0.417 e. The summed E-state index contributed by atoms with van der Waals surface area (Å²) in [7, 11) is 2.41. The van der Waals surface area contributed by atoms with E-state index in [-0.39, 0.29) is 6.42 Å². The van der Waals surface area contributed by atoms with Gasteiger partial charge in [0.05, 0.1) is 19.2 Å². The van der Waals surface area contributed by atoms with Crippen LogP contribution in [0.1, 0.15) is 4.88 Å². The van der Waals surface area contributed by atoms with Crippen LogP contribution in [0.3, 0.4) is 0 Å². The molecular weight excluding hydrogens is 260 g/mol. The number of carbonyl (C=O) groups excluding carboxylic acids is 2. The molecule has 1 rings (SSSR count). The van der Waals surface area contributed by atoms with Crippen LogP contribution in [0.25, 0.3) is 0 Å². The fraction of sp³-hybridized carbons (Fsp3) is 0.300. The number of ether oxygens (including phenoxy) is 1. The lowest BCUT2D eigenvalue weighted by atomic mass is 10.3. The van der Waals surface area contributed by atoms with Crippen molar-refractivity contribution >= 4 is 35.1 Å². The minimum absolute atomic E-state index is 0.185. The van der Waals surface area contributed by atoms with Crippen molar-refractivity contribution in [1.82, 2.24) is 4.90 Å². The van der Waals surface area contributed by atoms with Gasteiger partial charge >= 0.3 is 18.1 Å². The highest BCUT2D eigenvalue weighted by Gasteiger charge is 2.19. The van der Waals surface area contributed by atoms with Crippen molar-refractivity contribution in [2.24, 2.45) is 0 Å². The molecule has 3 amide bonds. The van der Waals surface area contributed by atoms with Crippen LogP contribution in [0.2, 0.25) is 0 Å². The number of imide groups is 1. The number of rotatable bonds is 3. The second-order valence-electron chi connectivity index (χ2n) is 3.29. The first-order valence-electron chi connectivity index (χ1n) is 4.86. The van der Waals surface area contributed by atoms with Gasteiger partial charge in [-0.2, -0.15) is 0 Å². The average molecular weight is 272 g/mol. The van der Waals surface area contributed by atoms with E-state index in [1.165, 1.54) is 18.4 Å². The Balaban J connectivity index is 2.73. The SMILES string of the molecule is COC(=O)N(C)C(=O)Nc1ccsc1CC(=O)O. The van der Waals surface area contributed by atoms with Crippen LogP contribution in [0.15, 0.2) is 11.4 Å². The number of amides is 3. The van der Waals surface area contributed by atoms with Gasteiger partial charge in [0.2, 0.25) is 0 Å². The van der Waals surface area contributed by atoms with Crippen LogP contribution in [0.5, 0.6) is 0 Å². The van der Waals surface area contributed by atoms with Gasteiger partial charge in [-0.05, 0) is 11.4 Å². The summed E-state index contributed by atoms with van der Waals surface area (Å²) in [6.45, 7) is 0. The van der Waals surface area contributed by atoms with Gasteiger partial charge in [-0.25, -0.2) is 14.5 Å². The highest BCUT2D eigenvalue weighted by Crippen LogP contribution is 2.23. The molecule has 0 bridgehead atoms. The minimum atomic E-state index is -0.991. The summed E-state index contributed by atoms with van der Waals surface area (Å²) >= 11 is 1.22. The molecule has 0 aromatic carbocycles. The quantitative estimate of drug-likeness (QED) is 0.871. The minimum Gasteiger partial charge on any atom is -0.481 e. The van der Waals surface area contributed by atoms with Crippen molar-refractivity contribution in [2.45, 2.75) is 6.42 Å². The van der Waals surface area contributed by atoms with Crippen molar-refractivity contribution in [1.29, 1.82) is 0 Å². The Morgan fingerprint density at radius 1 is 1.50 bits per heavy atom. The van der Waals surface area contributed by atoms with Crippen molar-refractivity contribution in [3.05, 3.63) is 16.3 Å². The summed E-state index contributed by atoms with van der Waals surface area (Å²) in [6, 6.07) is 0.887. The largest absolute Gasteiger partial charge is 0.481 e. The molecule has 0 unspecified atom stereocenters. The Hall–Kier alpha value is -2.09. The summed E-state index contributed by atoms with van der Waals surface area (Å²) < 4.78 is 4.38. The first-order chi connectivity index (χ1) is 8.45. The number of carbonyl (C=O) groups is 3. The number of carboxylic acid groups (broad SMARTS) is 1. The van der Waals surface area contributed by atoms with E-state index in [2.05, 4.69) is 10.1 Å². The van der Waals surface area contributed by atoms with Gasteiger partial charge in [0.25, 0.3) is 0 Å². The molecular formula is C10H12N2O5S. The molecule has 0 aliphatic heterocycles. The lowest BCUT2D eigenvalue weighted by molar-refractivity contribution is -0.136. The fourth-order valence-corrected chi connectivity index (χ4v) is 1.97. The third-order valence-corrected chi connectivity index (χ3v) is 2.97. The van der Waals surface area contributed by atoms with Gasteiger partial charge in [0.15, 0.2) is 0 Å². The lowest BCUT2D eigenvalue weighted by Gasteiger charge is -2.14. The van der Waals surface area contributed by atoms with Crippen LogP contribution in [0, 0.1) is 0 Å². The zero-order valence-corrected chi connectivity index (χ0v) is 10.6. The third kappa shape index (κ3) is 3.45. The van der Waals surface area contributed by atoms with Crippen LogP contribution in [-0.4, -0.2) is 42.3 Å². The number of anilines is 1. The Morgan fingerprint density at radius 3 is 2.72 bits per heavy atom. The highest BCUT2D eigenvalue weighted by molar-refractivity contribution is 7.10. The van der Waals surface area contributed by atoms with E-state index in [0.29, 0.717) is 10.6 Å². The van der Waals surface area contributed by atoms with Gasteiger partial charge in [-0.15, -0.1) is 11.3 Å². The van der Waals surface area contributed by atoms with Gasteiger partial charge < -0.3 is 15.2 Å². The van der Waals surface area contributed by atoms with E-state index in [0.717, 1.165) is 12.0 Å². The average Bonchev–Trinajstić information content (AvgIpc) is 2.73. The molecule has 0 fully saturated rings. The standard InChI is InChI=1S/C10H12N2O5S/c1-12(10(16)17-2)9(15)11-6-3-4-18-7(6)5-8(13)14/h3-4H,5H2,1-2H3,(H,11,15)(H,13,14). The van der Waals surface area contributed by atoms with Crippen molar-refractivity contribution < 1.29 is 24.2 Å². The predicted octanol–water partition coefficient (Wildman–Crippen LogP) is 1.61. The molecule has 1 aromatic heterocycles. The van der Waals surface area contributed by atoms with Crippen LogP contribution >= 0.6 is 11.3 Å². The monoisotopic (exact) mass is 272 g/mol. The molecule has 0 radical (unpaired) electrons. The first-order valence-corrected chi connectivity index (χ1v) is 5.74. The maximum atomic E-state index is 11.6. The lowest BCUT2D eigenvalue weighted by Crippen LogP contribution is -2.36. The Labute approximate surface area is 107 Å². The van der Waals surface area contributed by atoms with Crippen molar-refractivity contribution in [2.75, 3.05) is 19.5 Å². The van der Waals surface area contributed by atoms with Gasteiger partial charge in [0, 0.05) is 11.9 Å². The van der Waals surface area contributed by atoms with E-state index < -0.39 is 18.1 Å². The highest BCUT2D eigenvalue weighted by atomic mass is 32.1. The number of nitrogens with one attached hydrogen (secondary N) is 1. The zero-order valence-electron chi connectivity index (χ0n) is 9.80. The fourth-order valence-electron chi connectivity index (χ4n) is 1.15. The number of urea groups is 1. The first kappa shape index (κ1) is 14.0. The predicted molar refractivity (Wildman–Crippen MR) is 64.8 cm³/mol. The second-order valence-corrected chi connectivity index (χ2v) is 4.29. The van der Waals surface area contributed by atoms with E-state index in [1.807, 2.05) is 0 Å². The molecule has 98 valence electrons. The molecule has 8 heteroatoms. The molecule has 18 heavy (non-hydrogen) atoms. The summed E-state index contributed by atoms with van der Waals surface area (Å²) in [5.74, 6) is -0.991. The number of methoxy groups -OCH3 is 1. The number of nitrogens with zero attached hydrogens (tertiary/aromatic N) is 1. The summed E-state index contributed by atoms with van der Waals surface area (Å²) in [4.78, 5) is 34.6. The van der Waals surface area contributed by atoms with Gasteiger partial charge in [-0.1, -0.05) is 0 Å². The van der Waals surface area contributed by atoms with Gasteiger partial charge in [0.1, 0.15) is 0 Å². The van der Waals surface area contributed by atoms with Crippen molar-refractivity contribution in [3.63, 3.8) is 0 Å². The normalized spacial score (nSPS) is 9.67. The molecule has 0 spiro atoms. The van der Waals surface area contributed by atoms with Crippen LogP contribution < -0.4 is 5.32 Å². The molecule has 1 heterocycles. The summed E-state index contributed by atoms with van der Waals surface area (Å²) in [5.41, 5.74) is 0.378. The maximum absolute atomic E-state index is 11.6. The summed E-state index contributed by atoms with van der Waals surface area (Å²) in [5, 5.41) is 12.8. The number of thiophene rings is 1. The van der Waals surface area contributed by atoms with E-state index in [4.69, 9.17) is 5.11 Å². The van der Waals surface area contributed by atoms with Crippen molar-refractivity contribution in [3.8, 4) is 0 Å². The molecule has 1 aromatic rings. The smallest absolute Gasteiger partial charge is 0.417 e. The second kappa shape index (κ2) is 6.01. The number of hydrogen-bond acceptors (Lipinski definition) is 5. The van der Waals surface area contributed by atoms with Crippen LogP contribution in [0.4, 0.5) is 15.3 Å². The van der Waals surface area contributed by atoms with Gasteiger partial charge in [-0.3, -0.25) is 4.79 Å². The van der Waals surface area contributed by atoms with E-state index in [9.17, 15) is 14.4 Å². The third-order valence-electron chi connectivity index (χ3n) is 2.05. The molecule has 7 nitrogen and oxygen atoms in total. The molecule has 2 N–H and O–H groups in total. The number of aliphatic carboxylic acids is 1. The zero-order chi connectivity index (χ0) is 13.7. The molecule has 0 saturated heterocycles. The Kier molecular flexibility index (Phi) is 4.67. The van der Waals surface area contributed by atoms with Crippen LogP contribution in [-0.2, 0) is 16.0 Å². The molecule has 0 aliphatic rings. The topological polar surface area (TPSA) is 95.9 Å². The number of carboxylic acids is 1. The summed E-state index contributed by atoms with van der Waals surface area (Å²) in [6.07, 6.45) is -0.989. The Morgan fingerprint density at radius 2 is 2.17 bits per heavy atom. The molecule has 0 atom stereocenters. The molecule has 0 saturated carbocycles. The number of hydrogen-bond donors (Lipinski definition) is 2. The van der Waals surface area contributed by atoms with E-state index >= 15 is 0 Å².